The van der Waals surface area contributed by atoms with Crippen LogP contribution in [0.4, 0.5) is 5.69 Å². The van der Waals surface area contributed by atoms with Gasteiger partial charge in [-0.05, 0) is 49.5 Å². The number of carbonyl (C=O) groups is 1. The van der Waals surface area contributed by atoms with Crippen LogP contribution in [-0.4, -0.2) is 36.5 Å². The summed E-state index contributed by atoms with van der Waals surface area (Å²) in [6.45, 7) is 8.92. The van der Waals surface area contributed by atoms with E-state index < -0.39 is 0 Å². The van der Waals surface area contributed by atoms with Crippen molar-refractivity contribution in [3.8, 4) is 0 Å². The number of carbonyl (C=O) groups excluding carboxylic acids is 1. The maximum atomic E-state index is 12.6. The Hall–Kier alpha value is -2.10. The van der Waals surface area contributed by atoms with Crippen LogP contribution < -0.4 is 4.90 Å². The third kappa shape index (κ3) is 5.44. The van der Waals surface area contributed by atoms with Crippen LogP contribution in [0.2, 0.25) is 0 Å². The summed E-state index contributed by atoms with van der Waals surface area (Å²) in [5.41, 5.74) is 3.53. The average Bonchev–Trinajstić information content (AvgIpc) is 2.69. The summed E-state index contributed by atoms with van der Waals surface area (Å²) in [6.07, 6.45) is 4.53. The lowest BCUT2D eigenvalue weighted by molar-refractivity contribution is -0.114. The van der Waals surface area contributed by atoms with E-state index in [1.165, 1.54) is 11.6 Å². The van der Waals surface area contributed by atoms with Crippen molar-refractivity contribution in [1.29, 1.82) is 0 Å². The fourth-order valence-electron chi connectivity index (χ4n) is 3.76. The summed E-state index contributed by atoms with van der Waals surface area (Å²) < 4.78 is 0. The molecule has 1 aliphatic rings. The van der Waals surface area contributed by atoms with Gasteiger partial charge in [-0.15, -0.1) is 12.4 Å². The van der Waals surface area contributed by atoms with Crippen LogP contribution in [0.25, 0.3) is 0 Å². The van der Waals surface area contributed by atoms with Crippen molar-refractivity contribution < 1.29 is 4.79 Å². The van der Waals surface area contributed by atoms with Gasteiger partial charge in [0, 0.05) is 31.4 Å². The van der Waals surface area contributed by atoms with Crippen LogP contribution in [0.15, 0.2) is 67.3 Å². The average molecular weight is 385 g/mol. The molecule has 144 valence electrons. The van der Waals surface area contributed by atoms with Crippen LogP contribution in [0.3, 0.4) is 0 Å². The van der Waals surface area contributed by atoms with Crippen molar-refractivity contribution in [2.75, 3.05) is 24.5 Å². The number of likely N-dealkylation sites (tertiary alicyclic amines) is 1. The molecule has 0 spiro atoms. The van der Waals surface area contributed by atoms with E-state index in [-0.39, 0.29) is 24.4 Å². The number of hydrogen-bond acceptors (Lipinski definition) is 2. The fraction of sp³-hybridized carbons (Fsp3) is 0.348. The van der Waals surface area contributed by atoms with Crippen LogP contribution in [0.5, 0.6) is 0 Å². The summed E-state index contributed by atoms with van der Waals surface area (Å²) >= 11 is 0. The van der Waals surface area contributed by atoms with Crippen molar-refractivity contribution in [3.05, 3.63) is 78.4 Å². The lowest BCUT2D eigenvalue weighted by Crippen LogP contribution is -2.47. The number of para-hydroxylation sites is 1. The van der Waals surface area contributed by atoms with E-state index in [1.807, 2.05) is 23.1 Å². The molecule has 1 amide bonds. The molecule has 0 saturated carbocycles. The minimum atomic E-state index is 0. The molecule has 3 rings (SSSR count). The predicted octanol–water partition coefficient (Wildman–Crippen LogP) is 4.64. The van der Waals surface area contributed by atoms with Gasteiger partial charge < -0.3 is 9.80 Å². The summed E-state index contributed by atoms with van der Waals surface area (Å²) in [4.78, 5) is 17.0. The second kappa shape index (κ2) is 10.3. The van der Waals surface area contributed by atoms with E-state index >= 15 is 0 Å². The summed E-state index contributed by atoms with van der Waals surface area (Å²) in [5, 5.41) is 0. The zero-order valence-electron chi connectivity index (χ0n) is 16.0. The molecule has 3 nitrogen and oxygen atoms in total. The third-order valence-electron chi connectivity index (χ3n) is 5.27. The molecule has 1 heterocycles. The monoisotopic (exact) mass is 384 g/mol. The first-order valence-electron chi connectivity index (χ1n) is 9.46. The molecule has 1 fully saturated rings. The minimum absolute atomic E-state index is 0. The van der Waals surface area contributed by atoms with Crippen molar-refractivity contribution in [1.82, 2.24) is 4.90 Å². The maximum Gasteiger partial charge on any atom is 0.250 e. The van der Waals surface area contributed by atoms with Gasteiger partial charge in [-0.25, -0.2) is 0 Å². The molecule has 27 heavy (non-hydrogen) atoms. The molecule has 0 N–H and O–H groups in total. The maximum absolute atomic E-state index is 12.6. The largest absolute Gasteiger partial charge is 0.305 e. The van der Waals surface area contributed by atoms with Crippen molar-refractivity contribution >= 4 is 24.0 Å². The van der Waals surface area contributed by atoms with Gasteiger partial charge in [0.2, 0.25) is 0 Å². The standard InChI is InChI=1S/C23H28N2O.ClH/c1-3-23(26)25(22-12-8-7-9-19(22)2)21-14-17-24(18-15-21)16-13-20-10-5-4-6-11-20;/h3-12,21H,1,13-18H2,2H3;1H. The second-order valence-corrected chi connectivity index (χ2v) is 7.01. The van der Waals surface area contributed by atoms with Gasteiger partial charge in [-0.2, -0.15) is 0 Å². The summed E-state index contributed by atoms with van der Waals surface area (Å²) in [6, 6.07) is 19.0. The van der Waals surface area contributed by atoms with Gasteiger partial charge >= 0.3 is 0 Å². The Kier molecular flexibility index (Phi) is 8.08. The fourth-order valence-corrected chi connectivity index (χ4v) is 3.76. The van der Waals surface area contributed by atoms with Crippen molar-refractivity contribution in [3.63, 3.8) is 0 Å². The molecule has 0 bridgehead atoms. The Labute approximate surface area is 169 Å². The number of nitrogens with zero attached hydrogens (tertiary/aromatic N) is 2. The Morgan fingerprint density at radius 3 is 2.37 bits per heavy atom. The first kappa shape index (κ1) is 21.2. The molecule has 0 unspecified atom stereocenters. The highest BCUT2D eigenvalue weighted by molar-refractivity contribution is 6.02. The number of aryl methyl sites for hydroxylation is 1. The molecule has 0 atom stereocenters. The second-order valence-electron chi connectivity index (χ2n) is 7.01. The van der Waals surface area contributed by atoms with Crippen LogP contribution in [0.1, 0.15) is 24.0 Å². The van der Waals surface area contributed by atoms with Crippen LogP contribution in [0, 0.1) is 6.92 Å². The molecule has 1 saturated heterocycles. The van der Waals surface area contributed by atoms with Crippen LogP contribution in [-0.2, 0) is 11.2 Å². The van der Waals surface area contributed by atoms with Gasteiger partial charge in [-0.1, -0.05) is 55.1 Å². The van der Waals surface area contributed by atoms with Gasteiger partial charge in [0.05, 0.1) is 0 Å². The quantitative estimate of drug-likeness (QED) is 0.677. The van der Waals surface area contributed by atoms with Crippen molar-refractivity contribution in [2.45, 2.75) is 32.2 Å². The molecule has 2 aromatic carbocycles. The van der Waals surface area contributed by atoms with Crippen molar-refractivity contribution in [2.24, 2.45) is 0 Å². The molecular weight excluding hydrogens is 356 g/mol. The first-order valence-corrected chi connectivity index (χ1v) is 9.46. The lowest BCUT2D eigenvalue weighted by Gasteiger charge is -2.38. The Morgan fingerprint density at radius 2 is 1.74 bits per heavy atom. The number of piperidine rings is 1. The number of anilines is 1. The third-order valence-corrected chi connectivity index (χ3v) is 5.27. The molecule has 0 radical (unpaired) electrons. The van der Waals surface area contributed by atoms with Gasteiger partial charge in [0.25, 0.3) is 5.91 Å². The minimum Gasteiger partial charge on any atom is -0.305 e. The van der Waals surface area contributed by atoms with E-state index in [1.54, 1.807) is 0 Å². The smallest absolute Gasteiger partial charge is 0.250 e. The highest BCUT2D eigenvalue weighted by Crippen LogP contribution is 2.27. The number of hydrogen-bond donors (Lipinski definition) is 0. The van der Waals surface area contributed by atoms with E-state index in [9.17, 15) is 4.79 Å². The lowest BCUT2D eigenvalue weighted by atomic mass is 10.00. The molecule has 0 aliphatic carbocycles. The normalized spacial score (nSPS) is 15.0. The first-order chi connectivity index (χ1) is 12.7. The van der Waals surface area contributed by atoms with E-state index in [2.05, 4.69) is 54.8 Å². The topological polar surface area (TPSA) is 23.6 Å². The SMILES string of the molecule is C=CC(=O)N(c1ccccc1C)C1CCN(CCc2ccccc2)CC1.Cl. The summed E-state index contributed by atoms with van der Waals surface area (Å²) in [7, 11) is 0. The highest BCUT2D eigenvalue weighted by atomic mass is 35.5. The predicted molar refractivity (Wildman–Crippen MR) is 116 cm³/mol. The molecule has 1 aliphatic heterocycles. The highest BCUT2D eigenvalue weighted by Gasteiger charge is 2.28. The number of rotatable bonds is 6. The van der Waals surface area contributed by atoms with Gasteiger partial charge in [-0.3, -0.25) is 4.79 Å². The number of halogens is 1. The zero-order chi connectivity index (χ0) is 18.4. The van der Waals surface area contributed by atoms with Crippen LogP contribution >= 0.6 is 12.4 Å². The summed E-state index contributed by atoms with van der Waals surface area (Å²) in [5.74, 6) is 0.00188. The zero-order valence-corrected chi connectivity index (χ0v) is 16.8. The number of amides is 1. The molecule has 2 aromatic rings. The van der Waals surface area contributed by atoms with E-state index in [0.717, 1.165) is 50.1 Å². The van der Waals surface area contributed by atoms with E-state index in [4.69, 9.17) is 0 Å². The molecule has 0 aromatic heterocycles. The molecule has 4 heteroatoms. The van der Waals surface area contributed by atoms with Gasteiger partial charge in [0.1, 0.15) is 0 Å². The van der Waals surface area contributed by atoms with E-state index in [0.29, 0.717) is 0 Å². The number of benzene rings is 2. The Morgan fingerprint density at radius 1 is 1.11 bits per heavy atom. The van der Waals surface area contributed by atoms with Gasteiger partial charge in [0.15, 0.2) is 0 Å². The Bertz CT molecular complexity index is 739. The molecular formula is C23H29ClN2O. The Balaban J connectivity index is 0.00000261.